The summed E-state index contributed by atoms with van der Waals surface area (Å²) < 4.78 is 6.64. The Bertz CT molecular complexity index is 1020. The lowest BCUT2D eigenvalue weighted by atomic mass is 9.83. The first-order valence-electron chi connectivity index (χ1n) is 11.4. The Labute approximate surface area is 186 Å². The van der Waals surface area contributed by atoms with Crippen LogP contribution in [0, 0.1) is 0 Å². The molecule has 0 fully saturated rings. The van der Waals surface area contributed by atoms with E-state index < -0.39 is 10.9 Å². The number of fused-ring (bicyclic) bond motifs is 1. The van der Waals surface area contributed by atoms with E-state index in [1.54, 1.807) is 0 Å². The van der Waals surface area contributed by atoms with Gasteiger partial charge in [0.15, 0.2) is 5.75 Å². The molecule has 0 aromatic heterocycles. The smallest absolute Gasteiger partial charge is 0.268 e. The van der Waals surface area contributed by atoms with Crippen LogP contribution in [0.25, 0.3) is 6.08 Å². The summed E-state index contributed by atoms with van der Waals surface area (Å²) in [7, 11) is 6.64. The van der Waals surface area contributed by atoms with Crippen molar-refractivity contribution in [2.75, 3.05) is 45.7 Å². The molecule has 0 radical (unpaired) electrons. The third-order valence-corrected chi connectivity index (χ3v) is 6.19. The fourth-order valence-electron chi connectivity index (χ4n) is 4.32. The predicted molar refractivity (Wildman–Crippen MR) is 129 cm³/mol. The maximum atomic E-state index is 12.4. The minimum Gasteiger partial charge on any atom is -0.489 e. The monoisotopic (exact) mass is 425 g/mol. The summed E-state index contributed by atoms with van der Waals surface area (Å²) in [5.74, 6) is 0.239. The van der Waals surface area contributed by atoms with E-state index >= 15 is 0 Å². The number of unbranched alkanes of at least 4 members (excludes halogenated alkanes) is 2. The summed E-state index contributed by atoms with van der Waals surface area (Å²) in [4.78, 5) is 26.9. The average molecular weight is 426 g/mol. The van der Waals surface area contributed by atoms with E-state index in [4.69, 9.17) is 4.74 Å². The number of benzene rings is 1. The van der Waals surface area contributed by atoms with Gasteiger partial charge in [0.1, 0.15) is 0 Å². The molecule has 0 aliphatic carbocycles. The molecule has 1 heterocycles. The standard InChI is InChI=1S/C26H37N2O3/c1-7-8-17-31-25-19(23(29)24(25)30)18-22-26(2,3)20-13-9-10-14-21(20)27(22)15-11-12-16-28(4,5)6/h9-10,13-14,18H,7-8,11-12,15-17H2,1-6H3/q+1/b22-18+. The van der Waals surface area contributed by atoms with Crippen LogP contribution in [0.4, 0.5) is 5.69 Å². The van der Waals surface area contributed by atoms with Gasteiger partial charge in [0.2, 0.25) is 5.43 Å². The van der Waals surface area contributed by atoms with Gasteiger partial charge in [0.25, 0.3) is 5.43 Å². The zero-order valence-electron chi connectivity index (χ0n) is 20.0. The second kappa shape index (κ2) is 8.99. The summed E-state index contributed by atoms with van der Waals surface area (Å²) in [5.41, 5.74) is 2.74. The van der Waals surface area contributed by atoms with Crippen LogP contribution in [0.15, 0.2) is 39.6 Å². The highest BCUT2D eigenvalue weighted by Gasteiger charge is 2.40. The number of nitrogens with zero attached hydrogens (tertiary/aromatic N) is 2. The van der Waals surface area contributed by atoms with Gasteiger partial charge in [0, 0.05) is 23.3 Å². The summed E-state index contributed by atoms with van der Waals surface area (Å²) >= 11 is 0. The number of quaternary nitrogens is 1. The average Bonchev–Trinajstić information content (AvgIpc) is 2.93. The van der Waals surface area contributed by atoms with Gasteiger partial charge in [-0.15, -0.1) is 0 Å². The molecule has 168 valence electrons. The van der Waals surface area contributed by atoms with E-state index in [9.17, 15) is 9.59 Å². The summed E-state index contributed by atoms with van der Waals surface area (Å²) in [6.45, 7) is 8.91. The summed E-state index contributed by atoms with van der Waals surface area (Å²) in [6.07, 6.45) is 5.94. The van der Waals surface area contributed by atoms with E-state index in [1.165, 1.54) is 11.3 Å². The summed E-state index contributed by atoms with van der Waals surface area (Å²) in [5, 5.41) is 0. The Kier molecular flexibility index (Phi) is 6.75. The number of rotatable bonds is 10. The molecule has 0 saturated heterocycles. The van der Waals surface area contributed by atoms with Crippen LogP contribution >= 0.6 is 0 Å². The van der Waals surface area contributed by atoms with Crippen LogP contribution in [0.2, 0.25) is 0 Å². The lowest BCUT2D eigenvalue weighted by Gasteiger charge is -2.28. The number of allylic oxidation sites excluding steroid dienone is 1. The molecular weight excluding hydrogens is 388 g/mol. The van der Waals surface area contributed by atoms with Crippen LogP contribution < -0.4 is 20.5 Å². The van der Waals surface area contributed by atoms with Gasteiger partial charge >= 0.3 is 0 Å². The van der Waals surface area contributed by atoms with Crippen molar-refractivity contribution in [1.29, 1.82) is 0 Å². The lowest BCUT2D eigenvalue weighted by molar-refractivity contribution is -0.870. The highest BCUT2D eigenvalue weighted by atomic mass is 16.5. The first-order chi connectivity index (χ1) is 14.6. The van der Waals surface area contributed by atoms with Crippen LogP contribution in [-0.2, 0) is 5.41 Å². The van der Waals surface area contributed by atoms with Crippen molar-refractivity contribution in [3.63, 3.8) is 0 Å². The second-order valence-electron chi connectivity index (χ2n) is 10.1. The van der Waals surface area contributed by atoms with Crippen molar-refractivity contribution in [3.8, 4) is 5.75 Å². The van der Waals surface area contributed by atoms with Crippen LogP contribution in [0.1, 0.15) is 57.6 Å². The molecule has 0 spiro atoms. The van der Waals surface area contributed by atoms with Crippen LogP contribution in [-0.4, -0.2) is 45.3 Å². The predicted octanol–water partition coefficient (Wildman–Crippen LogP) is 4.09. The van der Waals surface area contributed by atoms with Crippen molar-refractivity contribution in [1.82, 2.24) is 0 Å². The van der Waals surface area contributed by atoms with Crippen molar-refractivity contribution in [2.45, 2.75) is 51.9 Å². The molecule has 2 aromatic rings. The maximum absolute atomic E-state index is 12.4. The molecule has 2 aromatic carbocycles. The van der Waals surface area contributed by atoms with Crippen molar-refractivity contribution < 1.29 is 9.22 Å². The Morgan fingerprint density at radius 2 is 1.74 bits per heavy atom. The molecule has 5 heteroatoms. The molecule has 0 saturated carbocycles. The van der Waals surface area contributed by atoms with Gasteiger partial charge < -0.3 is 14.1 Å². The van der Waals surface area contributed by atoms with E-state index in [1.807, 2.05) is 6.08 Å². The van der Waals surface area contributed by atoms with Crippen molar-refractivity contribution >= 4 is 11.8 Å². The Morgan fingerprint density at radius 1 is 1.03 bits per heavy atom. The van der Waals surface area contributed by atoms with Gasteiger partial charge in [-0.1, -0.05) is 45.4 Å². The zero-order valence-corrected chi connectivity index (χ0v) is 20.0. The Hall–Kier alpha value is -2.40. The molecule has 0 atom stereocenters. The van der Waals surface area contributed by atoms with E-state index in [0.717, 1.165) is 49.0 Å². The van der Waals surface area contributed by atoms with Crippen LogP contribution in [0.3, 0.4) is 0 Å². The minimum atomic E-state index is -0.495. The third-order valence-electron chi connectivity index (χ3n) is 6.19. The molecule has 0 N–H and O–H groups in total. The van der Waals surface area contributed by atoms with Crippen molar-refractivity contribution in [3.05, 3.63) is 61.5 Å². The Balaban J connectivity index is 1.92. The molecule has 0 amide bonds. The third kappa shape index (κ3) is 4.77. The molecule has 5 nitrogen and oxygen atoms in total. The zero-order chi connectivity index (χ0) is 22.8. The van der Waals surface area contributed by atoms with Gasteiger partial charge in [0.05, 0.1) is 39.9 Å². The highest BCUT2D eigenvalue weighted by molar-refractivity contribution is 5.77. The van der Waals surface area contributed by atoms with Gasteiger partial charge in [-0.3, -0.25) is 9.59 Å². The molecule has 1 aliphatic heterocycles. The molecule has 1 aliphatic rings. The van der Waals surface area contributed by atoms with Gasteiger partial charge in [-0.2, -0.15) is 0 Å². The number of hydrogen-bond acceptors (Lipinski definition) is 4. The largest absolute Gasteiger partial charge is 0.489 e. The highest BCUT2D eigenvalue weighted by Crippen LogP contribution is 2.48. The second-order valence-corrected chi connectivity index (χ2v) is 10.1. The molecule has 3 rings (SSSR count). The molecule has 0 unspecified atom stereocenters. The molecule has 31 heavy (non-hydrogen) atoms. The molecular formula is C26H37N2O3+. The fraction of sp³-hybridized carbons (Fsp3) is 0.538. The summed E-state index contributed by atoms with van der Waals surface area (Å²) in [6, 6.07) is 8.44. The SMILES string of the molecule is CCCCOc1c(/C=C2/N(CCCC[N+](C)(C)C)c3ccccc3C2(C)C)c(=O)c1=O. The van der Waals surface area contributed by atoms with Gasteiger partial charge in [-0.25, -0.2) is 0 Å². The quantitative estimate of drug-likeness (QED) is 0.327. The van der Waals surface area contributed by atoms with E-state index in [-0.39, 0.29) is 11.2 Å². The number of anilines is 1. The van der Waals surface area contributed by atoms with E-state index in [0.29, 0.717) is 12.2 Å². The van der Waals surface area contributed by atoms with Crippen molar-refractivity contribution in [2.24, 2.45) is 0 Å². The fourth-order valence-corrected chi connectivity index (χ4v) is 4.32. The van der Waals surface area contributed by atoms with E-state index in [2.05, 4.69) is 71.1 Å². The molecule has 0 bridgehead atoms. The first kappa shape index (κ1) is 23.3. The van der Waals surface area contributed by atoms with Crippen LogP contribution in [0.5, 0.6) is 5.75 Å². The number of hydrogen-bond donors (Lipinski definition) is 0. The lowest BCUT2D eigenvalue weighted by Crippen LogP contribution is -2.37. The van der Waals surface area contributed by atoms with Gasteiger partial charge in [-0.05, 0) is 37.0 Å². The minimum absolute atomic E-state index is 0.239. The maximum Gasteiger partial charge on any atom is 0.268 e. The normalized spacial score (nSPS) is 16.8. The Morgan fingerprint density at radius 3 is 2.42 bits per heavy atom. The first-order valence-corrected chi connectivity index (χ1v) is 11.4. The topological polar surface area (TPSA) is 46.6 Å². The number of ether oxygens (including phenoxy) is 1. The number of para-hydroxylation sites is 1.